The minimum absolute atomic E-state index is 0.0481. The Morgan fingerprint density at radius 2 is 2.00 bits per heavy atom. The minimum atomic E-state index is -4.09. The molecular formula is C9H16F3NS2. The molecule has 0 atom stereocenters. The van der Waals surface area contributed by atoms with Crippen LogP contribution in [0.1, 0.15) is 19.3 Å². The molecule has 0 aliphatic heterocycles. The molecule has 0 aromatic heterocycles. The smallest absolute Gasteiger partial charge is 0.315 e. The molecule has 1 aliphatic carbocycles. The topological polar surface area (TPSA) is 12.0 Å². The summed E-state index contributed by atoms with van der Waals surface area (Å²) in [6.07, 6.45) is 5.70. The average molecular weight is 259 g/mol. The quantitative estimate of drug-likeness (QED) is 0.736. The summed E-state index contributed by atoms with van der Waals surface area (Å²) < 4.78 is 35.7. The lowest BCUT2D eigenvalue weighted by molar-refractivity contribution is -0.0327. The Labute approximate surface area is 96.9 Å². The predicted octanol–water partition coefficient (Wildman–Crippen LogP) is 3.11. The molecule has 0 amide bonds. The van der Waals surface area contributed by atoms with E-state index in [9.17, 15) is 13.2 Å². The van der Waals surface area contributed by atoms with Gasteiger partial charge in [0.2, 0.25) is 0 Å². The van der Waals surface area contributed by atoms with Gasteiger partial charge in [-0.25, -0.2) is 0 Å². The Morgan fingerprint density at radius 1 is 1.33 bits per heavy atom. The van der Waals surface area contributed by atoms with Gasteiger partial charge in [0, 0.05) is 23.6 Å². The van der Waals surface area contributed by atoms with Crippen molar-refractivity contribution in [3.05, 3.63) is 0 Å². The Morgan fingerprint density at radius 3 is 2.40 bits per heavy atom. The molecule has 15 heavy (non-hydrogen) atoms. The van der Waals surface area contributed by atoms with Crippen LogP contribution in [-0.2, 0) is 0 Å². The Kier molecular flexibility index (Phi) is 5.12. The molecule has 0 aromatic carbocycles. The summed E-state index contributed by atoms with van der Waals surface area (Å²) in [4.78, 5) is 0. The van der Waals surface area contributed by atoms with E-state index in [0.717, 1.165) is 6.54 Å². The third-order valence-electron chi connectivity index (χ3n) is 2.69. The number of hydrogen-bond donors (Lipinski definition) is 1. The van der Waals surface area contributed by atoms with E-state index in [1.807, 2.05) is 11.8 Å². The fraction of sp³-hybridized carbons (Fsp3) is 1.00. The van der Waals surface area contributed by atoms with Crippen molar-refractivity contribution < 1.29 is 13.2 Å². The van der Waals surface area contributed by atoms with E-state index in [1.54, 1.807) is 0 Å². The molecule has 1 aliphatic rings. The summed E-state index contributed by atoms with van der Waals surface area (Å²) in [5.74, 6) is 0.105. The molecular weight excluding hydrogens is 243 g/mol. The van der Waals surface area contributed by atoms with Gasteiger partial charge in [0.05, 0.1) is 0 Å². The van der Waals surface area contributed by atoms with Crippen LogP contribution in [0.15, 0.2) is 0 Å². The van der Waals surface area contributed by atoms with E-state index in [1.165, 1.54) is 19.3 Å². The highest BCUT2D eigenvalue weighted by molar-refractivity contribution is 8.00. The molecule has 0 aromatic rings. The zero-order valence-electron chi connectivity index (χ0n) is 8.69. The first-order valence-corrected chi connectivity index (χ1v) is 7.15. The second-order valence-corrected chi connectivity index (χ2v) is 6.15. The van der Waals surface area contributed by atoms with Gasteiger partial charge in [-0.05, 0) is 30.9 Å². The highest BCUT2D eigenvalue weighted by Gasteiger charge is 2.35. The Bertz CT molecular complexity index is 187. The first-order valence-electron chi connectivity index (χ1n) is 4.94. The SMILES string of the molecule is CSC1(CNCCSC(F)(F)F)CCC1. The van der Waals surface area contributed by atoms with Crippen molar-refractivity contribution in [2.24, 2.45) is 0 Å². The maximum absolute atomic E-state index is 11.8. The van der Waals surface area contributed by atoms with Crippen molar-refractivity contribution in [1.29, 1.82) is 0 Å². The fourth-order valence-electron chi connectivity index (χ4n) is 1.58. The third kappa shape index (κ3) is 4.87. The van der Waals surface area contributed by atoms with Crippen LogP contribution in [0.25, 0.3) is 0 Å². The predicted molar refractivity (Wildman–Crippen MR) is 61.5 cm³/mol. The molecule has 1 rings (SSSR count). The zero-order valence-corrected chi connectivity index (χ0v) is 10.3. The number of thioether (sulfide) groups is 2. The van der Waals surface area contributed by atoms with E-state index >= 15 is 0 Å². The van der Waals surface area contributed by atoms with Crippen LogP contribution >= 0.6 is 23.5 Å². The number of nitrogens with one attached hydrogen (secondary N) is 1. The van der Waals surface area contributed by atoms with Crippen LogP contribution in [0.5, 0.6) is 0 Å². The van der Waals surface area contributed by atoms with Gasteiger partial charge in [-0.3, -0.25) is 0 Å². The van der Waals surface area contributed by atoms with Crippen molar-refractivity contribution in [3.63, 3.8) is 0 Å². The van der Waals surface area contributed by atoms with Gasteiger partial charge in [0.1, 0.15) is 0 Å². The largest absolute Gasteiger partial charge is 0.441 e. The molecule has 1 nitrogen and oxygen atoms in total. The summed E-state index contributed by atoms with van der Waals surface area (Å²) >= 11 is 1.88. The van der Waals surface area contributed by atoms with Crippen LogP contribution in [0.2, 0.25) is 0 Å². The van der Waals surface area contributed by atoms with E-state index in [-0.39, 0.29) is 17.5 Å². The lowest BCUT2D eigenvalue weighted by atomic mass is 9.84. The van der Waals surface area contributed by atoms with Crippen molar-refractivity contribution in [2.75, 3.05) is 25.1 Å². The fourth-order valence-corrected chi connectivity index (χ4v) is 3.00. The van der Waals surface area contributed by atoms with Gasteiger partial charge in [0.15, 0.2) is 0 Å². The first-order chi connectivity index (χ1) is 6.97. The molecule has 0 heterocycles. The highest BCUT2D eigenvalue weighted by atomic mass is 32.2. The van der Waals surface area contributed by atoms with Gasteiger partial charge in [-0.2, -0.15) is 24.9 Å². The monoisotopic (exact) mass is 259 g/mol. The normalized spacial score (nSPS) is 20.0. The summed E-state index contributed by atoms with van der Waals surface area (Å²) in [6, 6.07) is 0. The van der Waals surface area contributed by atoms with Crippen molar-refractivity contribution in [1.82, 2.24) is 5.32 Å². The van der Waals surface area contributed by atoms with Gasteiger partial charge in [-0.1, -0.05) is 6.42 Å². The summed E-state index contributed by atoms with van der Waals surface area (Å²) in [6.45, 7) is 1.28. The number of alkyl halides is 3. The van der Waals surface area contributed by atoms with Crippen LogP contribution in [0.3, 0.4) is 0 Å². The molecule has 0 saturated heterocycles. The standard InChI is InChI=1S/C9H16F3NS2/c1-14-8(3-2-4-8)7-13-5-6-15-9(10,11)12/h13H,2-7H2,1H3. The van der Waals surface area contributed by atoms with Crippen molar-refractivity contribution in [3.8, 4) is 0 Å². The number of rotatable bonds is 6. The third-order valence-corrected chi connectivity index (χ3v) is 4.84. The van der Waals surface area contributed by atoms with Gasteiger partial charge >= 0.3 is 5.51 Å². The molecule has 0 unspecified atom stereocenters. The van der Waals surface area contributed by atoms with Crippen molar-refractivity contribution >= 4 is 23.5 Å². The Balaban J connectivity index is 2.02. The number of halogens is 3. The maximum atomic E-state index is 11.8. The van der Waals surface area contributed by atoms with E-state index in [0.29, 0.717) is 11.3 Å². The van der Waals surface area contributed by atoms with Gasteiger partial charge < -0.3 is 5.32 Å². The highest BCUT2D eigenvalue weighted by Crippen LogP contribution is 2.42. The molecule has 6 heteroatoms. The molecule has 0 spiro atoms. The zero-order chi connectivity index (χ0) is 11.4. The number of hydrogen-bond acceptors (Lipinski definition) is 3. The second kappa shape index (κ2) is 5.68. The minimum Gasteiger partial charge on any atom is -0.315 e. The average Bonchev–Trinajstić information content (AvgIpc) is 2.06. The lowest BCUT2D eigenvalue weighted by Gasteiger charge is -2.40. The van der Waals surface area contributed by atoms with Crippen LogP contribution < -0.4 is 5.32 Å². The second-order valence-electron chi connectivity index (χ2n) is 3.71. The first kappa shape index (κ1) is 13.5. The molecule has 1 fully saturated rings. The van der Waals surface area contributed by atoms with Crippen LogP contribution in [0, 0.1) is 0 Å². The van der Waals surface area contributed by atoms with E-state index < -0.39 is 5.51 Å². The Hall–Kier alpha value is 0.450. The van der Waals surface area contributed by atoms with Crippen molar-refractivity contribution in [2.45, 2.75) is 29.5 Å². The summed E-state index contributed by atoms with van der Waals surface area (Å²) in [7, 11) is 0. The molecule has 0 bridgehead atoms. The maximum Gasteiger partial charge on any atom is 0.441 e. The van der Waals surface area contributed by atoms with Gasteiger partial charge in [0.25, 0.3) is 0 Å². The lowest BCUT2D eigenvalue weighted by Crippen LogP contribution is -2.43. The summed E-state index contributed by atoms with van der Waals surface area (Å²) in [5.41, 5.74) is -4.09. The van der Waals surface area contributed by atoms with E-state index in [2.05, 4.69) is 11.6 Å². The van der Waals surface area contributed by atoms with Gasteiger partial charge in [-0.15, -0.1) is 0 Å². The molecule has 90 valence electrons. The summed E-state index contributed by atoms with van der Waals surface area (Å²) in [5, 5.41) is 3.11. The van der Waals surface area contributed by atoms with E-state index in [4.69, 9.17) is 0 Å². The van der Waals surface area contributed by atoms with Crippen LogP contribution in [0.4, 0.5) is 13.2 Å². The molecule has 0 radical (unpaired) electrons. The molecule has 1 saturated carbocycles. The van der Waals surface area contributed by atoms with Crippen LogP contribution in [-0.4, -0.2) is 35.4 Å². The molecule has 1 N–H and O–H groups in total.